The van der Waals surface area contributed by atoms with Crippen molar-refractivity contribution in [1.29, 1.82) is 0 Å². The van der Waals surface area contributed by atoms with Crippen molar-refractivity contribution in [3.05, 3.63) is 28.3 Å². The molecule has 0 amide bonds. The first-order valence-corrected chi connectivity index (χ1v) is 8.59. The fourth-order valence-electron chi connectivity index (χ4n) is 1.93. The summed E-state index contributed by atoms with van der Waals surface area (Å²) in [6.07, 6.45) is 0.525. The van der Waals surface area contributed by atoms with Crippen LogP contribution in [0, 0.1) is 16.0 Å². The topological polar surface area (TPSA) is 116 Å². The molecule has 1 aromatic carbocycles. The summed E-state index contributed by atoms with van der Waals surface area (Å²) in [5.41, 5.74) is 5.65. The van der Waals surface area contributed by atoms with Crippen LogP contribution in [0.25, 0.3) is 0 Å². The zero-order valence-electron chi connectivity index (χ0n) is 14.1. The molecular formula is C14H24ClN3O5S. The van der Waals surface area contributed by atoms with E-state index in [2.05, 4.69) is 0 Å². The van der Waals surface area contributed by atoms with Crippen molar-refractivity contribution in [2.45, 2.75) is 31.2 Å². The number of sulfonamides is 1. The molecule has 0 aliphatic rings. The summed E-state index contributed by atoms with van der Waals surface area (Å²) in [6.45, 7) is 4.21. The van der Waals surface area contributed by atoms with Crippen molar-refractivity contribution in [3.63, 3.8) is 0 Å². The summed E-state index contributed by atoms with van der Waals surface area (Å²) >= 11 is 0. The maximum Gasteiger partial charge on any atom is 0.310 e. The molecule has 0 fully saturated rings. The zero-order valence-corrected chi connectivity index (χ0v) is 15.8. The van der Waals surface area contributed by atoms with Crippen LogP contribution in [-0.4, -0.2) is 44.4 Å². The second-order valence-corrected chi connectivity index (χ2v) is 7.66. The quantitative estimate of drug-likeness (QED) is 0.544. The van der Waals surface area contributed by atoms with Gasteiger partial charge in [0.25, 0.3) is 0 Å². The Morgan fingerprint density at radius 1 is 1.38 bits per heavy atom. The molecule has 24 heavy (non-hydrogen) atoms. The van der Waals surface area contributed by atoms with Crippen LogP contribution in [0.15, 0.2) is 23.1 Å². The van der Waals surface area contributed by atoms with Gasteiger partial charge in [0.1, 0.15) is 0 Å². The van der Waals surface area contributed by atoms with Gasteiger partial charge in [0.15, 0.2) is 5.75 Å². The average Bonchev–Trinajstić information content (AvgIpc) is 2.50. The van der Waals surface area contributed by atoms with Gasteiger partial charge in [0, 0.05) is 31.8 Å². The number of methoxy groups -OCH3 is 1. The summed E-state index contributed by atoms with van der Waals surface area (Å²) in [4.78, 5) is 10.2. The van der Waals surface area contributed by atoms with E-state index in [-0.39, 0.29) is 47.2 Å². The number of benzene rings is 1. The first-order valence-electron chi connectivity index (χ1n) is 7.15. The van der Waals surface area contributed by atoms with E-state index in [1.165, 1.54) is 24.5 Å². The van der Waals surface area contributed by atoms with E-state index < -0.39 is 14.9 Å². The normalized spacial score (nSPS) is 12.8. The molecule has 8 nitrogen and oxygen atoms in total. The smallest absolute Gasteiger partial charge is 0.310 e. The van der Waals surface area contributed by atoms with Gasteiger partial charge in [0.2, 0.25) is 10.0 Å². The predicted molar refractivity (Wildman–Crippen MR) is 94.1 cm³/mol. The highest BCUT2D eigenvalue weighted by Gasteiger charge is 2.25. The summed E-state index contributed by atoms with van der Waals surface area (Å²) in [5.74, 6) is 0.161. The van der Waals surface area contributed by atoms with Crippen molar-refractivity contribution in [1.82, 2.24) is 4.31 Å². The fourth-order valence-corrected chi connectivity index (χ4v) is 3.14. The number of nitrogens with zero attached hydrogens (tertiary/aromatic N) is 2. The van der Waals surface area contributed by atoms with E-state index in [9.17, 15) is 18.5 Å². The van der Waals surface area contributed by atoms with Crippen LogP contribution >= 0.6 is 12.4 Å². The molecule has 1 atom stereocenters. The van der Waals surface area contributed by atoms with Crippen molar-refractivity contribution in [3.8, 4) is 5.75 Å². The van der Waals surface area contributed by atoms with Gasteiger partial charge in [-0.1, -0.05) is 13.8 Å². The third-order valence-corrected chi connectivity index (χ3v) is 5.54. The lowest BCUT2D eigenvalue weighted by Gasteiger charge is -2.21. The van der Waals surface area contributed by atoms with E-state index in [0.717, 1.165) is 12.1 Å². The highest BCUT2D eigenvalue weighted by atomic mass is 35.5. The number of hydrogen-bond donors (Lipinski definition) is 1. The Morgan fingerprint density at radius 3 is 2.42 bits per heavy atom. The molecule has 0 spiro atoms. The maximum absolute atomic E-state index is 12.5. The molecule has 1 unspecified atom stereocenters. The van der Waals surface area contributed by atoms with E-state index in [0.29, 0.717) is 6.42 Å². The monoisotopic (exact) mass is 381 g/mol. The van der Waals surface area contributed by atoms with Crippen LogP contribution in [0.1, 0.15) is 20.3 Å². The minimum Gasteiger partial charge on any atom is -0.490 e. The summed E-state index contributed by atoms with van der Waals surface area (Å²) in [7, 11) is -1.05. The SMILES string of the molecule is COc1cc(S(=O)(=O)N(C)CCC(N)C(C)C)ccc1[N+](=O)[O-].Cl. The van der Waals surface area contributed by atoms with Crippen LogP contribution in [0.5, 0.6) is 5.75 Å². The van der Waals surface area contributed by atoms with E-state index in [1.807, 2.05) is 13.8 Å². The Hall–Kier alpha value is -1.42. The molecule has 10 heteroatoms. The van der Waals surface area contributed by atoms with Crippen molar-refractivity contribution < 1.29 is 18.1 Å². The Bertz CT molecular complexity index is 666. The van der Waals surface area contributed by atoms with E-state index in [4.69, 9.17) is 10.5 Å². The maximum atomic E-state index is 12.5. The van der Waals surface area contributed by atoms with Crippen molar-refractivity contribution in [2.75, 3.05) is 20.7 Å². The molecule has 1 rings (SSSR count). The lowest BCUT2D eigenvalue weighted by molar-refractivity contribution is -0.385. The van der Waals surface area contributed by atoms with Crippen LogP contribution in [0.4, 0.5) is 5.69 Å². The van der Waals surface area contributed by atoms with Gasteiger partial charge in [-0.25, -0.2) is 12.7 Å². The van der Waals surface area contributed by atoms with E-state index in [1.54, 1.807) is 0 Å². The van der Waals surface area contributed by atoms with E-state index >= 15 is 0 Å². The number of nitro groups is 1. The molecule has 0 aliphatic carbocycles. The molecule has 0 bridgehead atoms. The molecular weight excluding hydrogens is 358 g/mol. The molecule has 0 heterocycles. The first-order chi connectivity index (χ1) is 10.6. The Morgan fingerprint density at radius 2 is 1.96 bits per heavy atom. The third-order valence-electron chi connectivity index (χ3n) is 3.69. The molecule has 0 aromatic heterocycles. The third kappa shape index (κ3) is 5.30. The molecule has 138 valence electrons. The molecule has 0 saturated heterocycles. The van der Waals surface area contributed by atoms with Gasteiger partial charge < -0.3 is 10.5 Å². The van der Waals surface area contributed by atoms with Crippen LogP contribution in [0.2, 0.25) is 0 Å². The summed E-state index contributed by atoms with van der Waals surface area (Å²) in [5, 5.41) is 10.9. The minimum absolute atomic E-state index is 0. The average molecular weight is 382 g/mol. The second-order valence-electron chi connectivity index (χ2n) is 5.61. The summed E-state index contributed by atoms with van der Waals surface area (Å²) < 4.78 is 31.1. The lowest BCUT2D eigenvalue weighted by Crippen LogP contribution is -2.34. The molecule has 0 saturated carbocycles. The van der Waals surface area contributed by atoms with Gasteiger partial charge >= 0.3 is 5.69 Å². The molecule has 0 radical (unpaired) electrons. The molecule has 2 N–H and O–H groups in total. The van der Waals surface area contributed by atoms with Gasteiger partial charge in [-0.15, -0.1) is 12.4 Å². The molecule has 1 aromatic rings. The first kappa shape index (κ1) is 22.6. The van der Waals surface area contributed by atoms with Crippen molar-refractivity contribution >= 4 is 28.1 Å². The number of rotatable bonds is 8. The van der Waals surface area contributed by atoms with Crippen molar-refractivity contribution in [2.24, 2.45) is 11.7 Å². The minimum atomic E-state index is -3.76. The van der Waals surface area contributed by atoms with Gasteiger partial charge in [0.05, 0.1) is 16.9 Å². The summed E-state index contributed by atoms with van der Waals surface area (Å²) in [6, 6.07) is 3.39. The van der Waals surface area contributed by atoms with Gasteiger partial charge in [-0.05, 0) is 18.4 Å². The largest absolute Gasteiger partial charge is 0.490 e. The Balaban J connectivity index is 0.00000529. The fraction of sp³-hybridized carbons (Fsp3) is 0.571. The molecule has 0 aliphatic heterocycles. The number of ether oxygens (including phenoxy) is 1. The second kappa shape index (κ2) is 9.16. The number of halogens is 1. The highest BCUT2D eigenvalue weighted by Crippen LogP contribution is 2.30. The highest BCUT2D eigenvalue weighted by molar-refractivity contribution is 7.89. The van der Waals surface area contributed by atoms with Crippen LogP contribution < -0.4 is 10.5 Å². The Kier molecular flexibility index (Phi) is 8.62. The predicted octanol–water partition coefficient (Wildman–Crippen LogP) is 2.02. The van der Waals surface area contributed by atoms with Crippen LogP contribution in [-0.2, 0) is 10.0 Å². The standard InChI is InChI=1S/C14H23N3O5S.ClH/c1-10(2)12(15)7-8-16(3)23(20,21)11-5-6-13(17(18)19)14(9-11)22-4;/h5-6,9-10,12H,7-8,15H2,1-4H3;1H. The van der Waals surface area contributed by atoms with Crippen LogP contribution in [0.3, 0.4) is 0 Å². The number of nitro benzene ring substituents is 1. The number of hydrogen-bond acceptors (Lipinski definition) is 6. The zero-order chi connectivity index (χ0) is 17.8. The van der Waals surface area contributed by atoms with Gasteiger partial charge in [-0.2, -0.15) is 0 Å². The lowest BCUT2D eigenvalue weighted by atomic mass is 10.0. The van der Waals surface area contributed by atoms with Gasteiger partial charge in [-0.3, -0.25) is 10.1 Å². The Labute approximate surface area is 148 Å². The number of nitrogens with two attached hydrogens (primary N) is 1.